The topological polar surface area (TPSA) is 72.8 Å². The molecule has 0 saturated carbocycles. The number of aryl methyl sites for hydroxylation is 2. The van der Waals surface area contributed by atoms with Gasteiger partial charge in [0.2, 0.25) is 0 Å². The maximum atomic E-state index is 12.6. The van der Waals surface area contributed by atoms with Crippen molar-refractivity contribution in [2.45, 2.75) is 13.8 Å². The predicted molar refractivity (Wildman–Crippen MR) is 109 cm³/mol. The zero-order chi connectivity index (χ0) is 19.9. The zero-order valence-corrected chi connectivity index (χ0v) is 15.7. The summed E-state index contributed by atoms with van der Waals surface area (Å²) in [4.78, 5) is 37.5. The van der Waals surface area contributed by atoms with Crippen molar-refractivity contribution in [2.75, 3.05) is 0 Å². The van der Waals surface area contributed by atoms with Gasteiger partial charge >= 0.3 is 0 Å². The van der Waals surface area contributed by atoms with Crippen LogP contribution < -0.4 is 0 Å². The van der Waals surface area contributed by atoms with Gasteiger partial charge in [0, 0.05) is 47.3 Å². The van der Waals surface area contributed by atoms with Gasteiger partial charge in [-0.15, -0.1) is 0 Å². The molecule has 0 unspecified atom stereocenters. The van der Waals surface area contributed by atoms with Crippen molar-refractivity contribution in [3.8, 4) is 0 Å². The number of allylic oxidation sites excluding steroid dienone is 2. The maximum absolute atomic E-state index is 12.6. The van der Waals surface area contributed by atoms with Crippen molar-refractivity contribution in [2.24, 2.45) is 0 Å². The molecule has 0 amide bonds. The molecule has 3 aromatic heterocycles. The summed E-state index contributed by atoms with van der Waals surface area (Å²) in [5.74, 6) is -0.400. The molecule has 0 bridgehead atoms. The monoisotopic (exact) mass is 369 g/mol. The fourth-order valence-corrected chi connectivity index (χ4v) is 2.70. The van der Waals surface area contributed by atoms with Crippen molar-refractivity contribution in [1.82, 2.24) is 15.0 Å². The largest absolute Gasteiger partial charge is 0.289 e. The van der Waals surface area contributed by atoms with Crippen LogP contribution in [-0.4, -0.2) is 26.5 Å². The first kappa shape index (κ1) is 19.0. The van der Waals surface area contributed by atoms with Gasteiger partial charge in [-0.25, -0.2) is 0 Å². The molecule has 0 aliphatic carbocycles. The molecule has 3 rings (SSSR count). The van der Waals surface area contributed by atoms with Crippen molar-refractivity contribution in [3.05, 3.63) is 101 Å². The van der Waals surface area contributed by atoms with E-state index in [0.717, 1.165) is 11.1 Å². The summed E-state index contributed by atoms with van der Waals surface area (Å²) in [6.45, 7) is 3.53. The van der Waals surface area contributed by atoms with Crippen LogP contribution in [0.3, 0.4) is 0 Å². The third-order valence-electron chi connectivity index (χ3n) is 4.20. The Bertz CT molecular complexity index is 973. The quantitative estimate of drug-likeness (QED) is 0.479. The number of rotatable bonds is 6. The van der Waals surface area contributed by atoms with Crippen molar-refractivity contribution in [3.63, 3.8) is 0 Å². The van der Waals surface area contributed by atoms with Crippen LogP contribution in [0, 0.1) is 13.8 Å². The molecule has 3 aromatic rings. The van der Waals surface area contributed by atoms with Crippen LogP contribution >= 0.6 is 0 Å². The molecule has 0 atom stereocenters. The van der Waals surface area contributed by atoms with Crippen LogP contribution in [0.2, 0.25) is 0 Å². The lowest BCUT2D eigenvalue weighted by molar-refractivity contribution is 0.104. The van der Waals surface area contributed by atoms with Gasteiger partial charge in [-0.3, -0.25) is 24.5 Å². The summed E-state index contributed by atoms with van der Waals surface area (Å²) >= 11 is 0. The van der Waals surface area contributed by atoms with E-state index in [1.165, 1.54) is 12.2 Å². The molecule has 0 radical (unpaired) electrons. The minimum Gasteiger partial charge on any atom is -0.289 e. The fourth-order valence-electron chi connectivity index (χ4n) is 2.70. The summed E-state index contributed by atoms with van der Waals surface area (Å²) in [6.07, 6.45) is 13.0. The van der Waals surface area contributed by atoms with E-state index in [2.05, 4.69) is 15.0 Å². The van der Waals surface area contributed by atoms with Gasteiger partial charge in [-0.05, 0) is 67.5 Å². The van der Waals surface area contributed by atoms with Crippen molar-refractivity contribution >= 4 is 23.7 Å². The highest BCUT2D eigenvalue weighted by atomic mass is 16.1. The average molecular weight is 369 g/mol. The average Bonchev–Trinajstić information content (AvgIpc) is 2.72. The fraction of sp³-hybridized carbons (Fsp3) is 0.0870. The number of hydrogen-bond donors (Lipinski definition) is 0. The van der Waals surface area contributed by atoms with Crippen molar-refractivity contribution < 1.29 is 9.59 Å². The van der Waals surface area contributed by atoms with Crippen LogP contribution in [-0.2, 0) is 0 Å². The van der Waals surface area contributed by atoms with E-state index in [4.69, 9.17) is 0 Å². The van der Waals surface area contributed by atoms with Crippen LogP contribution in [0.15, 0.2) is 67.3 Å². The minimum absolute atomic E-state index is 0.200. The Hall–Kier alpha value is -3.73. The molecule has 0 aromatic carbocycles. The molecule has 3 heterocycles. The van der Waals surface area contributed by atoms with Gasteiger partial charge in [-0.1, -0.05) is 12.2 Å². The van der Waals surface area contributed by atoms with Gasteiger partial charge in [0.05, 0.1) is 0 Å². The molecule has 0 N–H and O–H groups in total. The zero-order valence-electron chi connectivity index (χ0n) is 15.7. The van der Waals surface area contributed by atoms with E-state index in [0.29, 0.717) is 22.5 Å². The predicted octanol–water partition coefficient (Wildman–Crippen LogP) is 4.28. The van der Waals surface area contributed by atoms with Gasteiger partial charge in [0.25, 0.3) is 0 Å². The highest BCUT2D eigenvalue weighted by molar-refractivity contribution is 6.11. The Labute approximate surface area is 163 Å². The Morgan fingerprint density at radius 2 is 1.11 bits per heavy atom. The smallest absolute Gasteiger partial charge is 0.187 e. The first-order valence-corrected chi connectivity index (χ1v) is 8.78. The Balaban J connectivity index is 1.85. The molecule has 5 nitrogen and oxygen atoms in total. The van der Waals surface area contributed by atoms with E-state index in [-0.39, 0.29) is 11.6 Å². The van der Waals surface area contributed by atoms with Gasteiger partial charge < -0.3 is 0 Å². The van der Waals surface area contributed by atoms with E-state index >= 15 is 0 Å². The lowest BCUT2D eigenvalue weighted by atomic mass is 10.0. The third-order valence-corrected chi connectivity index (χ3v) is 4.20. The highest BCUT2D eigenvalue weighted by Gasteiger charge is 2.14. The van der Waals surface area contributed by atoms with Gasteiger partial charge in [-0.2, -0.15) is 0 Å². The van der Waals surface area contributed by atoms with Gasteiger partial charge in [0.15, 0.2) is 11.6 Å². The molecule has 5 heteroatoms. The molecule has 0 aliphatic heterocycles. The number of carbonyl (C=O) groups is 2. The molecule has 0 spiro atoms. The van der Waals surface area contributed by atoms with Crippen LogP contribution in [0.5, 0.6) is 0 Å². The van der Waals surface area contributed by atoms with Crippen LogP contribution in [0.1, 0.15) is 43.2 Å². The second-order valence-electron chi connectivity index (χ2n) is 6.21. The van der Waals surface area contributed by atoms with E-state index < -0.39 is 0 Å². The molecule has 0 aliphatic rings. The number of nitrogens with zero attached hydrogens (tertiary/aromatic N) is 3. The second-order valence-corrected chi connectivity index (χ2v) is 6.21. The Morgan fingerprint density at radius 1 is 0.714 bits per heavy atom. The lowest BCUT2D eigenvalue weighted by Crippen LogP contribution is -2.08. The van der Waals surface area contributed by atoms with Crippen LogP contribution in [0.4, 0.5) is 0 Å². The summed E-state index contributed by atoms with van der Waals surface area (Å²) in [5, 5.41) is 0. The maximum Gasteiger partial charge on any atom is 0.187 e. The number of aromatic nitrogens is 3. The second kappa shape index (κ2) is 8.77. The minimum atomic E-state index is -0.200. The molecule has 28 heavy (non-hydrogen) atoms. The van der Waals surface area contributed by atoms with E-state index in [1.54, 1.807) is 56.9 Å². The standard InChI is InChI=1S/C23H19N3O2/c1-16-20(22(27)5-3-18-7-11-24-12-8-18)15-21(17(2)26-16)23(28)6-4-19-9-13-25-14-10-19/h3-15H,1-2H3/b5-3+,6-4+. The number of hydrogen-bond acceptors (Lipinski definition) is 5. The summed E-state index contributed by atoms with van der Waals surface area (Å²) in [6, 6.07) is 8.85. The number of ketones is 2. The summed E-state index contributed by atoms with van der Waals surface area (Å²) in [5.41, 5.74) is 3.76. The first-order valence-electron chi connectivity index (χ1n) is 8.78. The summed E-state index contributed by atoms with van der Waals surface area (Å²) in [7, 11) is 0. The Morgan fingerprint density at radius 3 is 1.50 bits per heavy atom. The third kappa shape index (κ3) is 4.71. The van der Waals surface area contributed by atoms with E-state index in [9.17, 15) is 9.59 Å². The first-order chi connectivity index (χ1) is 13.5. The van der Waals surface area contributed by atoms with Gasteiger partial charge in [0.1, 0.15) is 0 Å². The SMILES string of the molecule is Cc1nc(C)c(C(=O)/C=C/c2ccncc2)cc1C(=O)/C=C/c1ccncc1. The number of carbonyl (C=O) groups excluding carboxylic acids is 2. The lowest BCUT2D eigenvalue weighted by Gasteiger charge is -2.07. The van der Waals surface area contributed by atoms with E-state index in [1.807, 2.05) is 24.3 Å². The van der Waals surface area contributed by atoms with Crippen LogP contribution in [0.25, 0.3) is 12.2 Å². The molecule has 0 saturated heterocycles. The molecular formula is C23H19N3O2. The molecule has 138 valence electrons. The number of pyridine rings is 3. The molecule has 0 fully saturated rings. The summed E-state index contributed by atoms with van der Waals surface area (Å²) < 4.78 is 0. The highest BCUT2D eigenvalue weighted by Crippen LogP contribution is 2.16. The van der Waals surface area contributed by atoms with Crippen molar-refractivity contribution in [1.29, 1.82) is 0 Å². The molecular weight excluding hydrogens is 350 g/mol. The Kier molecular flexibility index (Phi) is 5.97. The normalized spacial score (nSPS) is 11.2.